The van der Waals surface area contributed by atoms with E-state index in [1.807, 2.05) is 12.3 Å². The van der Waals surface area contributed by atoms with E-state index in [-0.39, 0.29) is 0 Å². The molecule has 0 amide bonds. The maximum Gasteiger partial charge on any atom is 0.0712 e. The molecule has 3 nitrogen and oxygen atoms in total. The summed E-state index contributed by atoms with van der Waals surface area (Å²) in [5.41, 5.74) is 0.558. The summed E-state index contributed by atoms with van der Waals surface area (Å²) in [5, 5.41) is 10.6. The van der Waals surface area contributed by atoms with Gasteiger partial charge in [-0.25, -0.2) is 0 Å². The highest BCUT2D eigenvalue weighted by Gasteiger charge is 2.32. The van der Waals surface area contributed by atoms with E-state index in [1.165, 1.54) is 6.42 Å². The molecule has 2 rings (SSSR count). The summed E-state index contributed by atoms with van der Waals surface area (Å²) in [6, 6.07) is 2.05. The number of aliphatic hydroxyl groups is 1. The predicted molar refractivity (Wildman–Crippen MR) is 76.6 cm³/mol. The van der Waals surface area contributed by atoms with Gasteiger partial charge in [0.25, 0.3) is 0 Å². The molecule has 1 aromatic rings. The molecule has 0 aliphatic carbocycles. The molecule has 0 radical (unpaired) electrons. The summed E-state index contributed by atoms with van der Waals surface area (Å²) in [7, 11) is 0. The lowest BCUT2D eigenvalue weighted by Crippen LogP contribution is -2.45. The first-order chi connectivity index (χ1) is 8.61. The second-order valence-electron chi connectivity index (χ2n) is 5.25. The second kappa shape index (κ2) is 6.13. The molecule has 0 atom stereocenters. The Morgan fingerprint density at radius 2 is 2.11 bits per heavy atom. The maximum absolute atomic E-state index is 10.6. The smallest absolute Gasteiger partial charge is 0.0712 e. The van der Waals surface area contributed by atoms with E-state index in [4.69, 9.17) is 0 Å². The zero-order valence-corrected chi connectivity index (χ0v) is 12.5. The minimum atomic E-state index is -0.549. The van der Waals surface area contributed by atoms with Crippen molar-refractivity contribution in [1.29, 1.82) is 0 Å². The van der Waals surface area contributed by atoms with Gasteiger partial charge in [-0.3, -0.25) is 4.98 Å². The third-order valence-electron chi connectivity index (χ3n) is 3.62. The zero-order valence-electron chi connectivity index (χ0n) is 10.9. The number of aromatic nitrogens is 1. The van der Waals surface area contributed by atoms with Crippen LogP contribution in [0.25, 0.3) is 0 Å². The normalized spacial score (nSPS) is 19.9. The van der Waals surface area contributed by atoms with E-state index < -0.39 is 5.60 Å². The molecule has 0 unspecified atom stereocenters. The number of hydrogen-bond acceptors (Lipinski definition) is 3. The third-order valence-corrected chi connectivity index (χ3v) is 4.05. The van der Waals surface area contributed by atoms with Crippen molar-refractivity contribution in [2.24, 2.45) is 0 Å². The summed E-state index contributed by atoms with van der Waals surface area (Å²) in [6.45, 7) is 5.36. The highest BCUT2D eigenvalue weighted by atomic mass is 79.9. The van der Waals surface area contributed by atoms with E-state index in [0.717, 1.165) is 42.5 Å². The number of pyridine rings is 1. The third kappa shape index (κ3) is 3.77. The van der Waals surface area contributed by atoms with Crippen LogP contribution < -0.4 is 0 Å². The minimum absolute atomic E-state index is 0.549. The Kier molecular flexibility index (Phi) is 4.76. The Labute approximate surface area is 117 Å². The molecule has 0 aromatic carbocycles. The fourth-order valence-electron chi connectivity index (χ4n) is 2.62. The predicted octanol–water partition coefficient (Wildman–Crippen LogP) is 2.62. The fourth-order valence-corrected chi connectivity index (χ4v) is 3.03. The van der Waals surface area contributed by atoms with E-state index in [9.17, 15) is 5.11 Å². The van der Waals surface area contributed by atoms with Crippen molar-refractivity contribution in [3.63, 3.8) is 0 Å². The van der Waals surface area contributed by atoms with Crippen LogP contribution in [0.1, 0.15) is 31.7 Å². The van der Waals surface area contributed by atoms with Crippen LogP contribution in [0.15, 0.2) is 22.9 Å². The molecule has 1 aromatic heterocycles. The van der Waals surface area contributed by atoms with Crippen LogP contribution in [0.5, 0.6) is 0 Å². The lowest BCUT2D eigenvalue weighted by atomic mass is 9.86. The van der Waals surface area contributed by atoms with Gasteiger partial charge in [-0.1, -0.05) is 6.92 Å². The number of piperidine rings is 1. The maximum atomic E-state index is 10.6. The number of rotatable bonds is 4. The van der Waals surface area contributed by atoms with Crippen molar-refractivity contribution >= 4 is 15.9 Å². The zero-order chi connectivity index (χ0) is 13.0. The summed E-state index contributed by atoms with van der Waals surface area (Å²) >= 11 is 3.42. The summed E-state index contributed by atoms with van der Waals surface area (Å²) in [4.78, 5) is 6.59. The van der Waals surface area contributed by atoms with Crippen molar-refractivity contribution in [3.05, 3.63) is 28.5 Å². The molecule has 0 saturated carbocycles. The highest BCUT2D eigenvalue weighted by Crippen LogP contribution is 2.27. The molecule has 0 spiro atoms. The molecule has 1 saturated heterocycles. The Hall–Kier alpha value is -0.450. The van der Waals surface area contributed by atoms with Gasteiger partial charge in [-0.2, -0.15) is 0 Å². The lowest BCUT2D eigenvalue weighted by Gasteiger charge is -2.38. The van der Waals surface area contributed by atoms with Crippen LogP contribution in [0.2, 0.25) is 0 Å². The number of halogens is 1. The lowest BCUT2D eigenvalue weighted by molar-refractivity contribution is -0.0205. The highest BCUT2D eigenvalue weighted by molar-refractivity contribution is 9.10. The quantitative estimate of drug-likeness (QED) is 0.928. The van der Waals surface area contributed by atoms with Gasteiger partial charge in [0.05, 0.1) is 5.60 Å². The van der Waals surface area contributed by atoms with Crippen LogP contribution in [-0.4, -0.2) is 40.2 Å². The summed E-state index contributed by atoms with van der Waals surface area (Å²) in [6.07, 6.45) is 7.24. The van der Waals surface area contributed by atoms with E-state index in [1.54, 1.807) is 6.20 Å². The molecular weight excluding hydrogens is 292 g/mol. The Bertz CT molecular complexity index is 389. The molecule has 1 aliphatic rings. The van der Waals surface area contributed by atoms with E-state index in [0.29, 0.717) is 6.42 Å². The number of likely N-dealkylation sites (tertiary alicyclic amines) is 1. The van der Waals surface area contributed by atoms with Gasteiger partial charge in [-0.15, -0.1) is 0 Å². The second-order valence-corrected chi connectivity index (χ2v) is 6.17. The molecule has 0 bridgehead atoms. The first-order valence-corrected chi connectivity index (χ1v) is 7.45. The molecule has 4 heteroatoms. The van der Waals surface area contributed by atoms with E-state index >= 15 is 0 Å². The van der Waals surface area contributed by atoms with Crippen molar-refractivity contribution in [1.82, 2.24) is 9.88 Å². The fraction of sp³-hybridized carbons (Fsp3) is 0.643. The van der Waals surface area contributed by atoms with E-state index in [2.05, 4.69) is 32.7 Å². The van der Waals surface area contributed by atoms with Gasteiger partial charge in [-0.05, 0) is 53.4 Å². The first kappa shape index (κ1) is 14.0. The minimum Gasteiger partial charge on any atom is -0.389 e. The number of nitrogens with zero attached hydrogens (tertiary/aromatic N) is 2. The number of hydrogen-bond donors (Lipinski definition) is 1. The van der Waals surface area contributed by atoms with Crippen LogP contribution in [0, 0.1) is 0 Å². The van der Waals surface area contributed by atoms with Crippen LogP contribution in [0.3, 0.4) is 0 Å². The van der Waals surface area contributed by atoms with Crippen molar-refractivity contribution in [3.8, 4) is 0 Å². The summed E-state index contributed by atoms with van der Waals surface area (Å²) in [5.74, 6) is 0. The topological polar surface area (TPSA) is 36.4 Å². The van der Waals surface area contributed by atoms with Gasteiger partial charge >= 0.3 is 0 Å². The van der Waals surface area contributed by atoms with Gasteiger partial charge in [0.1, 0.15) is 0 Å². The van der Waals surface area contributed by atoms with Gasteiger partial charge < -0.3 is 10.0 Å². The SMILES string of the molecule is CCCN1CCC(O)(Cc2cncc(Br)c2)CC1. The van der Waals surface area contributed by atoms with Crippen molar-refractivity contribution < 1.29 is 5.11 Å². The van der Waals surface area contributed by atoms with Crippen molar-refractivity contribution in [2.75, 3.05) is 19.6 Å². The van der Waals surface area contributed by atoms with Gasteiger partial charge in [0.2, 0.25) is 0 Å². The molecule has 1 aliphatic heterocycles. The average molecular weight is 313 g/mol. The molecule has 2 heterocycles. The molecule has 18 heavy (non-hydrogen) atoms. The first-order valence-electron chi connectivity index (χ1n) is 6.65. The standard InChI is InChI=1S/C14H21BrN2O/c1-2-5-17-6-3-14(18,4-7-17)9-12-8-13(15)11-16-10-12/h8,10-11,18H,2-7,9H2,1H3. The van der Waals surface area contributed by atoms with Crippen LogP contribution in [0.4, 0.5) is 0 Å². The molecule has 1 N–H and O–H groups in total. The van der Waals surface area contributed by atoms with Crippen LogP contribution >= 0.6 is 15.9 Å². The Balaban J connectivity index is 1.93. The Morgan fingerprint density at radius 3 is 2.72 bits per heavy atom. The van der Waals surface area contributed by atoms with Gasteiger partial charge in [0, 0.05) is 36.4 Å². The summed E-state index contributed by atoms with van der Waals surface area (Å²) < 4.78 is 0.979. The largest absolute Gasteiger partial charge is 0.389 e. The average Bonchev–Trinajstić information content (AvgIpc) is 2.32. The van der Waals surface area contributed by atoms with Crippen LogP contribution in [-0.2, 0) is 6.42 Å². The molecular formula is C14H21BrN2O. The monoisotopic (exact) mass is 312 g/mol. The molecule has 1 fully saturated rings. The Morgan fingerprint density at radius 1 is 1.39 bits per heavy atom. The molecule has 100 valence electrons. The van der Waals surface area contributed by atoms with Gasteiger partial charge in [0.15, 0.2) is 0 Å². The van der Waals surface area contributed by atoms with Crippen molar-refractivity contribution in [2.45, 2.75) is 38.2 Å².